The number of nitrogens with one attached hydrogen (secondary N) is 2. The molecule has 1 aliphatic carbocycles. The van der Waals surface area contributed by atoms with Gasteiger partial charge in [0.25, 0.3) is 5.91 Å². The van der Waals surface area contributed by atoms with Gasteiger partial charge in [0.15, 0.2) is 15.6 Å². The highest BCUT2D eigenvalue weighted by Crippen LogP contribution is 2.31. The minimum absolute atomic E-state index is 0. The molecule has 2 fully saturated rings. The average Bonchev–Trinajstić information content (AvgIpc) is 2.95. The Labute approximate surface area is 253 Å². The maximum absolute atomic E-state index is 13.8. The topological polar surface area (TPSA) is 116 Å². The van der Waals surface area contributed by atoms with Crippen LogP contribution in [0.3, 0.4) is 0 Å². The van der Waals surface area contributed by atoms with Gasteiger partial charge in [-0.1, -0.05) is 19.3 Å². The highest BCUT2D eigenvalue weighted by atomic mass is 35.5. The normalized spacial score (nSPS) is 18.5. The Morgan fingerprint density at radius 1 is 1.05 bits per heavy atom. The van der Waals surface area contributed by atoms with Crippen LogP contribution >= 0.6 is 12.4 Å². The Hall–Kier alpha value is -3.18. The van der Waals surface area contributed by atoms with Crippen LogP contribution in [0.2, 0.25) is 0 Å². The van der Waals surface area contributed by atoms with Gasteiger partial charge >= 0.3 is 0 Å². The molecule has 2 aliphatic rings. The van der Waals surface area contributed by atoms with E-state index in [-0.39, 0.29) is 53.6 Å². The SMILES string of the molecule is CCN(CC)c1ccc(C(=O)NC2(C(=O)NC3CCN(c4ccc(F)cc4S(C)(=O)=O)CC3=O)CCCCC2)cc1.Cl. The van der Waals surface area contributed by atoms with Gasteiger partial charge in [0.05, 0.1) is 23.2 Å². The molecule has 2 aromatic rings. The summed E-state index contributed by atoms with van der Waals surface area (Å²) in [6.45, 7) is 6.01. The van der Waals surface area contributed by atoms with Crippen molar-refractivity contribution in [2.24, 2.45) is 0 Å². The second-order valence-electron chi connectivity index (χ2n) is 10.9. The highest BCUT2D eigenvalue weighted by molar-refractivity contribution is 7.90. The molecule has 9 nitrogen and oxygen atoms in total. The van der Waals surface area contributed by atoms with Crippen LogP contribution < -0.4 is 20.4 Å². The fourth-order valence-electron chi connectivity index (χ4n) is 5.79. The number of carbonyl (C=O) groups excluding carboxylic acids is 3. The molecule has 0 aromatic heterocycles. The Bertz CT molecular complexity index is 1390. The number of sulfone groups is 1. The number of amides is 2. The molecular formula is C30H40ClFN4O5S. The molecule has 0 bridgehead atoms. The van der Waals surface area contributed by atoms with E-state index >= 15 is 0 Å². The largest absolute Gasteiger partial charge is 0.372 e. The summed E-state index contributed by atoms with van der Waals surface area (Å²) >= 11 is 0. The number of anilines is 2. The van der Waals surface area contributed by atoms with E-state index in [4.69, 9.17) is 0 Å². The summed E-state index contributed by atoms with van der Waals surface area (Å²) in [5.74, 6) is -1.67. The molecule has 42 heavy (non-hydrogen) atoms. The molecule has 230 valence electrons. The molecule has 1 heterocycles. The number of nitrogens with zero attached hydrogens (tertiary/aromatic N) is 2. The first-order chi connectivity index (χ1) is 19.5. The molecule has 1 saturated heterocycles. The summed E-state index contributed by atoms with van der Waals surface area (Å²) in [5, 5.41) is 5.89. The number of piperidine rings is 1. The number of rotatable bonds is 9. The second kappa shape index (κ2) is 13.9. The summed E-state index contributed by atoms with van der Waals surface area (Å²) in [7, 11) is -3.73. The fraction of sp³-hybridized carbons (Fsp3) is 0.500. The summed E-state index contributed by atoms with van der Waals surface area (Å²) in [4.78, 5) is 43.7. The Balaban J connectivity index is 0.00000484. The Kier molecular flexibility index (Phi) is 11.0. The van der Waals surface area contributed by atoms with E-state index in [1.807, 2.05) is 12.1 Å². The van der Waals surface area contributed by atoms with Crippen molar-refractivity contribution < 1.29 is 27.2 Å². The summed E-state index contributed by atoms with van der Waals surface area (Å²) < 4.78 is 38.3. The van der Waals surface area contributed by atoms with Gasteiger partial charge in [-0.05, 0) is 75.6 Å². The zero-order valence-electron chi connectivity index (χ0n) is 24.3. The van der Waals surface area contributed by atoms with Crippen molar-refractivity contribution in [3.63, 3.8) is 0 Å². The number of hydrogen-bond donors (Lipinski definition) is 2. The smallest absolute Gasteiger partial charge is 0.252 e. The first-order valence-corrected chi connectivity index (χ1v) is 16.1. The lowest BCUT2D eigenvalue weighted by Gasteiger charge is -2.39. The average molecular weight is 623 g/mol. The minimum Gasteiger partial charge on any atom is -0.372 e. The van der Waals surface area contributed by atoms with Gasteiger partial charge in [-0.2, -0.15) is 0 Å². The molecule has 0 spiro atoms. The van der Waals surface area contributed by atoms with E-state index in [2.05, 4.69) is 29.4 Å². The molecule has 1 atom stereocenters. The molecular weight excluding hydrogens is 583 g/mol. The molecule has 1 saturated carbocycles. The predicted octanol–water partition coefficient (Wildman–Crippen LogP) is 3.89. The van der Waals surface area contributed by atoms with Crippen molar-refractivity contribution in [2.45, 2.75) is 68.8 Å². The lowest BCUT2D eigenvalue weighted by Crippen LogP contribution is -2.63. The maximum atomic E-state index is 13.8. The number of ketones is 1. The zero-order chi connectivity index (χ0) is 29.8. The molecule has 1 unspecified atom stereocenters. The highest BCUT2D eigenvalue weighted by Gasteiger charge is 2.43. The maximum Gasteiger partial charge on any atom is 0.252 e. The minimum atomic E-state index is -3.73. The Morgan fingerprint density at radius 3 is 2.26 bits per heavy atom. The van der Waals surface area contributed by atoms with Gasteiger partial charge in [-0.15, -0.1) is 12.4 Å². The summed E-state index contributed by atoms with van der Waals surface area (Å²) in [5.41, 5.74) is 0.620. The van der Waals surface area contributed by atoms with Crippen molar-refractivity contribution in [3.8, 4) is 0 Å². The van der Waals surface area contributed by atoms with E-state index in [1.54, 1.807) is 17.0 Å². The quantitative estimate of drug-likeness (QED) is 0.436. The lowest BCUT2D eigenvalue weighted by atomic mass is 9.80. The van der Waals surface area contributed by atoms with Crippen LogP contribution in [0, 0.1) is 5.82 Å². The van der Waals surface area contributed by atoms with Crippen molar-refractivity contribution >= 4 is 51.2 Å². The van der Waals surface area contributed by atoms with Crippen molar-refractivity contribution in [2.75, 3.05) is 42.2 Å². The van der Waals surface area contributed by atoms with Crippen LogP contribution in [0.25, 0.3) is 0 Å². The van der Waals surface area contributed by atoms with Crippen LogP contribution in [-0.4, -0.2) is 70.0 Å². The third-order valence-electron chi connectivity index (χ3n) is 8.14. The van der Waals surface area contributed by atoms with Crippen molar-refractivity contribution in [1.82, 2.24) is 10.6 Å². The number of carbonyl (C=O) groups is 3. The van der Waals surface area contributed by atoms with Gasteiger partial charge < -0.3 is 20.4 Å². The number of hydrogen-bond acceptors (Lipinski definition) is 7. The summed E-state index contributed by atoms with van der Waals surface area (Å²) in [6.07, 6.45) is 4.71. The van der Waals surface area contributed by atoms with Crippen LogP contribution in [-0.2, 0) is 19.4 Å². The number of halogens is 2. The second-order valence-corrected chi connectivity index (χ2v) is 12.9. The molecule has 0 radical (unpaired) electrons. The van der Waals surface area contributed by atoms with Gasteiger partial charge in [0.2, 0.25) is 5.91 Å². The third-order valence-corrected chi connectivity index (χ3v) is 9.27. The molecule has 12 heteroatoms. The zero-order valence-corrected chi connectivity index (χ0v) is 26.0. The van der Waals surface area contributed by atoms with Crippen LogP contribution in [0.4, 0.5) is 15.8 Å². The molecule has 4 rings (SSSR count). The van der Waals surface area contributed by atoms with E-state index in [0.717, 1.165) is 56.4 Å². The van der Waals surface area contributed by atoms with E-state index in [9.17, 15) is 27.2 Å². The van der Waals surface area contributed by atoms with E-state index in [0.29, 0.717) is 24.9 Å². The van der Waals surface area contributed by atoms with Crippen LogP contribution in [0.1, 0.15) is 62.7 Å². The number of Topliss-reactive ketones (excluding diaryl/α,β-unsaturated/α-hetero) is 1. The Morgan fingerprint density at radius 2 is 1.69 bits per heavy atom. The van der Waals surface area contributed by atoms with E-state index < -0.39 is 27.2 Å². The number of benzene rings is 2. The fourth-order valence-corrected chi connectivity index (χ4v) is 6.69. The third kappa shape index (κ3) is 7.42. The van der Waals surface area contributed by atoms with Gasteiger partial charge in [-0.25, -0.2) is 12.8 Å². The standard InChI is InChI=1S/C30H39FN4O5S.ClH/c1-4-34(5-2)23-12-9-21(10-13-23)28(37)33-30(16-7-6-8-17-30)29(38)32-24-15-18-35(20-26(24)36)25-14-11-22(31)19-27(25)41(3,39)40;/h9-14,19,24H,4-8,15-18,20H2,1-3H3,(H,32,38)(H,33,37);1H. The van der Waals surface area contributed by atoms with Crippen LogP contribution in [0.15, 0.2) is 47.4 Å². The van der Waals surface area contributed by atoms with Crippen LogP contribution in [0.5, 0.6) is 0 Å². The molecule has 2 N–H and O–H groups in total. The first kappa shape index (κ1) is 33.3. The monoisotopic (exact) mass is 622 g/mol. The molecule has 2 aromatic carbocycles. The van der Waals surface area contributed by atoms with E-state index in [1.165, 1.54) is 6.07 Å². The molecule has 2 amide bonds. The predicted molar refractivity (Wildman–Crippen MR) is 164 cm³/mol. The van der Waals surface area contributed by atoms with Gasteiger partial charge in [0, 0.05) is 37.1 Å². The summed E-state index contributed by atoms with van der Waals surface area (Å²) in [6, 6.07) is 10.0. The van der Waals surface area contributed by atoms with Gasteiger partial charge in [0.1, 0.15) is 11.4 Å². The van der Waals surface area contributed by atoms with Gasteiger partial charge in [-0.3, -0.25) is 14.4 Å². The molecule has 1 aliphatic heterocycles. The first-order valence-electron chi connectivity index (χ1n) is 14.2. The van der Waals surface area contributed by atoms with Crippen molar-refractivity contribution in [1.29, 1.82) is 0 Å². The van der Waals surface area contributed by atoms with Crippen molar-refractivity contribution in [3.05, 3.63) is 53.8 Å². The lowest BCUT2D eigenvalue weighted by molar-refractivity contribution is -0.133.